The maximum Gasteiger partial charge on any atom is 0.471 e. The third kappa shape index (κ3) is 5.01. The van der Waals surface area contributed by atoms with Gasteiger partial charge in [0.25, 0.3) is 0 Å². The number of ether oxygens (including phenoxy) is 2. The van der Waals surface area contributed by atoms with E-state index in [1.807, 2.05) is 0 Å². The number of rotatable bonds is 10. The topological polar surface area (TPSA) is 72.8 Å². The summed E-state index contributed by atoms with van der Waals surface area (Å²) in [6.07, 6.45) is -28.4. The Balaban J connectivity index is 6.94. The summed E-state index contributed by atoms with van der Waals surface area (Å²) in [7, 11) is -7.95. The van der Waals surface area contributed by atoms with Gasteiger partial charge in [-0.1, -0.05) is 0 Å². The van der Waals surface area contributed by atoms with Gasteiger partial charge in [0.15, 0.2) is 0 Å². The van der Waals surface area contributed by atoms with Crippen molar-refractivity contribution in [1.82, 2.24) is 0 Å². The van der Waals surface area contributed by atoms with Crippen molar-refractivity contribution >= 4 is 10.1 Å². The normalized spacial score (nSPS) is 17.1. The van der Waals surface area contributed by atoms with Crippen LogP contribution in [0.3, 0.4) is 0 Å². The average molecular weight is 594 g/mol. The van der Waals surface area contributed by atoms with Crippen molar-refractivity contribution in [2.75, 3.05) is 0 Å². The van der Waals surface area contributed by atoms with E-state index in [4.69, 9.17) is 4.55 Å². The van der Waals surface area contributed by atoms with E-state index < -0.39 is 69.5 Å². The summed E-state index contributed by atoms with van der Waals surface area (Å²) in [4.78, 5) is 0. The molecular formula is C10HF19O5S. The van der Waals surface area contributed by atoms with Crippen molar-refractivity contribution in [3.05, 3.63) is 12.1 Å². The summed E-state index contributed by atoms with van der Waals surface area (Å²) in [5.74, 6) is -34.1. The highest BCUT2D eigenvalue weighted by molar-refractivity contribution is 7.87. The molecule has 0 fully saturated rings. The molecule has 0 heterocycles. The van der Waals surface area contributed by atoms with Crippen LogP contribution in [0.15, 0.2) is 12.1 Å². The summed E-state index contributed by atoms with van der Waals surface area (Å²) in [5.41, 5.74) is 0. The molecule has 210 valence electrons. The van der Waals surface area contributed by atoms with E-state index in [9.17, 15) is 91.8 Å². The molecule has 1 atom stereocenters. The highest BCUT2D eigenvalue weighted by Crippen LogP contribution is 2.60. The quantitative estimate of drug-likeness (QED) is 0.195. The lowest BCUT2D eigenvalue weighted by atomic mass is 10.0. The highest BCUT2D eigenvalue weighted by atomic mass is 32.2. The van der Waals surface area contributed by atoms with Crippen molar-refractivity contribution in [2.24, 2.45) is 0 Å². The molecule has 0 amide bonds. The Morgan fingerprint density at radius 1 is 0.600 bits per heavy atom. The molecule has 0 aromatic rings. The molecule has 0 saturated heterocycles. The van der Waals surface area contributed by atoms with Gasteiger partial charge in [0.2, 0.25) is 0 Å². The summed E-state index contributed by atoms with van der Waals surface area (Å²) in [6.45, 7) is 0. The van der Waals surface area contributed by atoms with Crippen LogP contribution in [-0.2, 0) is 19.6 Å². The van der Waals surface area contributed by atoms with Gasteiger partial charge in [-0.15, -0.1) is 0 Å². The van der Waals surface area contributed by atoms with Gasteiger partial charge < -0.3 is 4.74 Å². The van der Waals surface area contributed by atoms with Gasteiger partial charge >= 0.3 is 69.5 Å². The molecule has 0 radical (unpaired) electrons. The van der Waals surface area contributed by atoms with Gasteiger partial charge in [-0.3, -0.25) is 9.29 Å². The van der Waals surface area contributed by atoms with Crippen molar-refractivity contribution in [1.29, 1.82) is 0 Å². The highest BCUT2D eigenvalue weighted by Gasteiger charge is 2.91. The fourth-order valence-electron chi connectivity index (χ4n) is 1.46. The van der Waals surface area contributed by atoms with Gasteiger partial charge in [-0.25, -0.2) is 0 Å². The van der Waals surface area contributed by atoms with E-state index in [0.717, 1.165) is 4.74 Å². The van der Waals surface area contributed by atoms with Crippen LogP contribution < -0.4 is 0 Å². The van der Waals surface area contributed by atoms with E-state index >= 15 is 0 Å². The Hall–Kier alpha value is -1.92. The molecule has 5 nitrogen and oxygen atoms in total. The molecule has 1 N–H and O–H groups in total. The number of alkyl halides is 16. The number of hydrogen-bond acceptors (Lipinski definition) is 4. The van der Waals surface area contributed by atoms with Crippen LogP contribution in [0.2, 0.25) is 0 Å². The van der Waals surface area contributed by atoms with Crippen LogP contribution in [0.4, 0.5) is 83.4 Å². The average Bonchev–Trinajstić information content (AvgIpc) is 2.57. The molecular weight excluding hydrogens is 593 g/mol. The Morgan fingerprint density at radius 2 is 0.971 bits per heavy atom. The van der Waals surface area contributed by atoms with Crippen molar-refractivity contribution in [3.63, 3.8) is 0 Å². The van der Waals surface area contributed by atoms with Crippen LogP contribution >= 0.6 is 0 Å². The molecule has 0 aliphatic heterocycles. The van der Waals surface area contributed by atoms with Crippen molar-refractivity contribution in [3.8, 4) is 0 Å². The molecule has 0 bridgehead atoms. The van der Waals surface area contributed by atoms with Crippen molar-refractivity contribution in [2.45, 2.75) is 47.3 Å². The van der Waals surface area contributed by atoms with Crippen LogP contribution in [0.1, 0.15) is 0 Å². The Bertz CT molecular complexity index is 932. The standard InChI is InChI=1S/C10HF19O5S/c11-1(12)2(13)33-9(26,27)6(20,7(21,22)23)34-8(24,25)4(16,17)3(14,15)5(18,19)10(28,29)35(30,31)32/h(H,30,31,32). The first kappa shape index (κ1) is 33.1. The molecule has 0 saturated carbocycles. The monoisotopic (exact) mass is 594 g/mol. The molecule has 0 spiro atoms. The molecule has 0 aromatic carbocycles. The van der Waals surface area contributed by atoms with E-state index in [1.54, 1.807) is 4.74 Å². The van der Waals surface area contributed by atoms with Crippen LogP contribution in [0, 0.1) is 0 Å². The largest absolute Gasteiger partial charge is 0.471 e. The molecule has 35 heavy (non-hydrogen) atoms. The predicted octanol–water partition coefficient (Wildman–Crippen LogP) is 5.85. The predicted molar refractivity (Wildman–Crippen MR) is 63.6 cm³/mol. The smallest absolute Gasteiger partial charge is 0.398 e. The first-order valence-corrected chi connectivity index (χ1v) is 8.32. The van der Waals surface area contributed by atoms with Gasteiger partial charge in [0, 0.05) is 0 Å². The van der Waals surface area contributed by atoms with Crippen LogP contribution in [0.5, 0.6) is 0 Å². The summed E-state index contributed by atoms with van der Waals surface area (Å²) in [5, 5.41) is -7.88. The lowest BCUT2D eigenvalue weighted by Gasteiger charge is -2.41. The Morgan fingerprint density at radius 3 is 1.26 bits per heavy atom. The second-order valence-corrected chi connectivity index (χ2v) is 7.04. The van der Waals surface area contributed by atoms with E-state index in [2.05, 4.69) is 0 Å². The summed E-state index contributed by atoms with van der Waals surface area (Å²) in [6, 6.07) is -4.25. The van der Waals surface area contributed by atoms with Crippen LogP contribution in [-0.4, -0.2) is 60.2 Å². The zero-order valence-electron chi connectivity index (χ0n) is 14.7. The maximum absolute atomic E-state index is 13.6. The van der Waals surface area contributed by atoms with Crippen LogP contribution in [0.25, 0.3) is 0 Å². The van der Waals surface area contributed by atoms with Gasteiger partial charge in [0.1, 0.15) is 0 Å². The number of hydrogen-bond donors (Lipinski definition) is 1. The first-order valence-electron chi connectivity index (χ1n) is 6.88. The molecule has 0 aromatic heterocycles. The minimum absolute atomic E-state index is 1.13. The maximum atomic E-state index is 13.6. The fourth-order valence-corrected chi connectivity index (χ4v) is 1.92. The van der Waals surface area contributed by atoms with Gasteiger partial charge in [-0.2, -0.15) is 91.8 Å². The zero-order chi connectivity index (χ0) is 29.1. The molecule has 25 heteroatoms. The van der Waals surface area contributed by atoms with Crippen molar-refractivity contribution < 1.29 is 106 Å². The third-order valence-electron chi connectivity index (χ3n) is 3.22. The van der Waals surface area contributed by atoms with Gasteiger partial charge in [-0.05, 0) is 0 Å². The van der Waals surface area contributed by atoms with Gasteiger partial charge in [0.05, 0.1) is 0 Å². The van der Waals surface area contributed by atoms with E-state index in [1.165, 1.54) is 0 Å². The minimum Gasteiger partial charge on any atom is -0.398 e. The summed E-state index contributed by atoms with van der Waals surface area (Å²) < 4.78 is 276. The second-order valence-electron chi connectivity index (χ2n) is 5.58. The Labute approximate surface area is 176 Å². The zero-order valence-corrected chi connectivity index (χ0v) is 15.5. The van der Waals surface area contributed by atoms with E-state index in [-0.39, 0.29) is 0 Å². The third-order valence-corrected chi connectivity index (χ3v) is 4.12. The molecule has 0 rings (SSSR count). The summed E-state index contributed by atoms with van der Waals surface area (Å²) >= 11 is 0. The number of halogens is 19. The molecule has 0 aliphatic rings. The minimum atomic E-state index is -8.75. The second kappa shape index (κ2) is 8.58. The Kier molecular flexibility index (Phi) is 8.11. The fraction of sp³-hybridized carbons (Fsp3) is 0.800. The molecule has 0 aliphatic carbocycles. The SMILES string of the molecule is O=S(=O)(O)C(F)(F)C(F)(F)C(F)(F)C(F)(F)C(F)(F)OC(F)(C(F)(F)F)C(F)(F)OC(F)=C(F)F. The lowest BCUT2D eigenvalue weighted by molar-refractivity contribution is -0.533. The van der Waals surface area contributed by atoms with E-state index in [0.29, 0.717) is 0 Å². The first-order chi connectivity index (χ1) is 14.8. The molecule has 1 unspecified atom stereocenters. The lowest BCUT2D eigenvalue weighted by Crippen LogP contribution is -2.71.